The largest absolute Gasteiger partial charge is 0.392 e. The van der Waals surface area contributed by atoms with Crippen molar-refractivity contribution in [2.24, 2.45) is 5.92 Å². The van der Waals surface area contributed by atoms with E-state index in [0.717, 1.165) is 51.6 Å². The van der Waals surface area contributed by atoms with Crippen molar-refractivity contribution in [2.45, 2.75) is 25.5 Å². The van der Waals surface area contributed by atoms with Gasteiger partial charge in [0.25, 0.3) is 0 Å². The van der Waals surface area contributed by atoms with Gasteiger partial charge in [-0.05, 0) is 36.5 Å². The Morgan fingerprint density at radius 2 is 1.57 bits per heavy atom. The van der Waals surface area contributed by atoms with E-state index in [1.165, 1.54) is 12.1 Å². The first-order chi connectivity index (χ1) is 10.1. The van der Waals surface area contributed by atoms with E-state index in [9.17, 15) is 13.9 Å². The number of aliphatic hydroxyl groups excluding tert-OH is 1. The van der Waals surface area contributed by atoms with E-state index in [1.54, 1.807) is 0 Å². The van der Waals surface area contributed by atoms with Gasteiger partial charge in [-0.25, -0.2) is 8.78 Å². The van der Waals surface area contributed by atoms with Gasteiger partial charge in [0.15, 0.2) is 0 Å². The monoisotopic (exact) mass is 296 g/mol. The van der Waals surface area contributed by atoms with Crippen molar-refractivity contribution in [2.75, 3.05) is 32.7 Å². The molecule has 3 nitrogen and oxygen atoms in total. The van der Waals surface area contributed by atoms with Gasteiger partial charge in [-0.1, -0.05) is 0 Å². The Hall–Kier alpha value is -1.04. The molecule has 21 heavy (non-hydrogen) atoms. The van der Waals surface area contributed by atoms with Gasteiger partial charge in [0.2, 0.25) is 0 Å². The number of rotatable bonds is 5. The number of piperazine rings is 1. The molecule has 0 aromatic heterocycles. The van der Waals surface area contributed by atoms with Gasteiger partial charge in [-0.2, -0.15) is 0 Å². The maximum Gasteiger partial charge on any atom is 0.126 e. The third-order valence-corrected chi connectivity index (χ3v) is 4.40. The highest BCUT2D eigenvalue weighted by Crippen LogP contribution is 2.32. The Morgan fingerprint density at radius 3 is 2.14 bits per heavy atom. The highest BCUT2D eigenvalue weighted by atomic mass is 19.1. The Balaban J connectivity index is 1.46. The molecule has 3 rings (SSSR count). The molecule has 1 heterocycles. The van der Waals surface area contributed by atoms with Gasteiger partial charge in [-0.15, -0.1) is 0 Å². The number of benzene rings is 1. The molecular weight excluding hydrogens is 274 g/mol. The SMILES string of the molecule is O[C@@H](CN1CCN(Cc2cc(F)cc(F)c2)CC1)C1CC1. The van der Waals surface area contributed by atoms with Gasteiger partial charge in [0.05, 0.1) is 6.10 Å². The van der Waals surface area contributed by atoms with Crippen LogP contribution >= 0.6 is 0 Å². The molecule has 0 amide bonds. The minimum Gasteiger partial charge on any atom is -0.392 e. The molecule has 1 N–H and O–H groups in total. The molecule has 1 saturated heterocycles. The highest BCUT2D eigenvalue weighted by molar-refractivity contribution is 5.17. The number of β-amino-alcohol motifs (C(OH)–C–C–N with tert-alkyl or cyclic N) is 1. The molecular formula is C16H22F2N2O. The van der Waals surface area contributed by atoms with E-state index in [1.807, 2.05) is 0 Å². The van der Waals surface area contributed by atoms with Crippen LogP contribution in [0.5, 0.6) is 0 Å². The zero-order valence-electron chi connectivity index (χ0n) is 12.1. The molecule has 1 aliphatic heterocycles. The first-order valence-corrected chi connectivity index (χ1v) is 7.68. The second-order valence-corrected chi connectivity index (χ2v) is 6.26. The van der Waals surface area contributed by atoms with E-state index >= 15 is 0 Å². The maximum absolute atomic E-state index is 13.2. The Bertz CT molecular complexity index is 465. The Morgan fingerprint density at radius 1 is 1.00 bits per heavy atom. The average Bonchev–Trinajstić information content (AvgIpc) is 3.24. The molecule has 1 atom stereocenters. The van der Waals surface area contributed by atoms with E-state index in [4.69, 9.17) is 0 Å². The van der Waals surface area contributed by atoms with Crippen LogP contribution in [0, 0.1) is 17.6 Å². The fourth-order valence-electron chi connectivity index (χ4n) is 2.99. The van der Waals surface area contributed by atoms with E-state index in [-0.39, 0.29) is 6.10 Å². The standard InChI is InChI=1S/C16H22F2N2O/c17-14-7-12(8-15(18)9-14)10-19-3-5-20(6-4-19)11-16(21)13-1-2-13/h7-9,13,16,21H,1-6,10-11H2/t16-/m0/s1. The summed E-state index contributed by atoms with van der Waals surface area (Å²) in [6.45, 7) is 4.88. The molecule has 0 radical (unpaired) electrons. The van der Waals surface area contributed by atoms with Gasteiger partial charge in [0.1, 0.15) is 11.6 Å². The maximum atomic E-state index is 13.2. The molecule has 116 valence electrons. The van der Waals surface area contributed by atoms with Gasteiger partial charge >= 0.3 is 0 Å². The van der Waals surface area contributed by atoms with Crippen LogP contribution in [0.3, 0.4) is 0 Å². The second-order valence-electron chi connectivity index (χ2n) is 6.26. The van der Waals surface area contributed by atoms with Crippen molar-refractivity contribution in [1.82, 2.24) is 9.80 Å². The minimum atomic E-state index is -0.517. The lowest BCUT2D eigenvalue weighted by atomic mass is 10.1. The topological polar surface area (TPSA) is 26.7 Å². The first kappa shape index (κ1) is 14.9. The van der Waals surface area contributed by atoms with Crippen LogP contribution in [0.2, 0.25) is 0 Å². The van der Waals surface area contributed by atoms with Crippen molar-refractivity contribution in [3.8, 4) is 0 Å². The molecule has 1 aliphatic carbocycles. The first-order valence-electron chi connectivity index (χ1n) is 7.68. The van der Waals surface area contributed by atoms with Crippen LogP contribution in [0.15, 0.2) is 18.2 Å². The molecule has 5 heteroatoms. The van der Waals surface area contributed by atoms with Crippen molar-refractivity contribution in [3.63, 3.8) is 0 Å². The van der Waals surface area contributed by atoms with Crippen molar-refractivity contribution in [3.05, 3.63) is 35.4 Å². The Kier molecular flexibility index (Phi) is 4.52. The molecule has 0 unspecified atom stereocenters. The predicted octanol–water partition coefficient (Wildman–Crippen LogP) is 1.85. The summed E-state index contributed by atoms with van der Waals surface area (Å²) in [5, 5.41) is 9.96. The molecule has 2 aliphatic rings. The molecule has 2 fully saturated rings. The van der Waals surface area contributed by atoms with Gasteiger partial charge in [0, 0.05) is 45.3 Å². The summed E-state index contributed by atoms with van der Waals surface area (Å²) in [6, 6.07) is 3.69. The summed E-state index contributed by atoms with van der Waals surface area (Å²) in [7, 11) is 0. The van der Waals surface area contributed by atoms with E-state index in [0.29, 0.717) is 18.0 Å². The Labute approximate surface area is 124 Å². The van der Waals surface area contributed by atoms with Crippen LogP contribution < -0.4 is 0 Å². The summed E-state index contributed by atoms with van der Waals surface area (Å²) in [5.41, 5.74) is 0.680. The second kappa shape index (κ2) is 6.38. The van der Waals surface area contributed by atoms with Crippen molar-refractivity contribution < 1.29 is 13.9 Å². The minimum absolute atomic E-state index is 0.186. The van der Waals surface area contributed by atoms with E-state index < -0.39 is 11.6 Å². The molecule has 0 spiro atoms. The summed E-state index contributed by atoms with van der Waals surface area (Å²) < 4.78 is 26.3. The number of nitrogens with zero attached hydrogens (tertiary/aromatic N) is 2. The summed E-state index contributed by atoms with van der Waals surface area (Å²) in [4.78, 5) is 4.49. The van der Waals surface area contributed by atoms with Crippen molar-refractivity contribution in [1.29, 1.82) is 0 Å². The van der Waals surface area contributed by atoms with Crippen molar-refractivity contribution >= 4 is 0 Å². The summed E-state index contributed by atoms with van der Waals surface area (Å²) in [5.74, 6) is -0.523. The summed E-state index contributed by atoms with van der Waals surface area (Å²) in [6.07, 6.45) is 2.13. The molecule has 1 aromatic rings. The lowest BCUT2D eigenvalue weighted by molar-refractivity contribution is 0.0601. The number of aliphatic hydroxyl groups is 1. The zero-order chi connectivity index (χ0) is 14.8. The average molecular weight is 296 g/mol. The smallest absolute Gasteiger partial charge is 0.126 e. The number of hydrogen-bond acceptors (Lipinski definition) is 3. The fourth-order valence-corrected chi connectivity index (χ4v) is 2.99. The van der Waals surface area contributed by atoms with Crippen LogP contribution in [0.4, 0.5) is 8.78 Å². The van der Waals surface area contributed by atoms with Crippen LogP contribution in [0.1, 0.15) is 18.4 Å². The third-order valence-electron chi connectivity index (χ3n) is 4.40. The van der Waals surface area contributed by atoms with Crippen LogP contribution in [-0.4, -0.2) is 53.7 Å². The third kappa shape index (κ3) is 4.22. The van der Waals surface area contributed by atoms with Crippen LogP contribution in [0.25, 0.3) is 0 Å². The summed E-state index contributed by atoms with van der Waals surface area (Å²) >= 11 is 0. The van der Waals surface area contributed by atoms with Gasteiger partial charge in [-0.3, -0.25) is 9.80 Å². The highest BCUT2D eigenvalue weighted by Gasteiger charge is 2.31. The number of halogens is 2. The van der Waals surface area contributed by atoms with E-state index in [2.05, 4.69) is 9.80 Å². The van der Waals surface area contributed by atoms with Gasteiger partial charge < -0.3 is 5.11 Å². The quantitative estimate of drug-likeness (QED) is 0.898. The van der Waals surface area contributed by atoms with Crippen LogP contribution in [-0.2, 0) is 6.54 Å². The predicted molar refractivity (Wildman–Crippen MR) is 76.8 cm³/mol. The normalized spacial score (nSPS) is 22.4. The lowest BCUT2D eigenvalue weighted by Crippen LogP contribution is -2.48. The molecule has 1 aromatic carbocycles. The molecule has 1 saturated carbocycles. The molecule has 0 bridgehead atoms. The zero-order valence-corrected chi connectivity index (χ0v) is 12.1. The fraction of sp³-hybridized carbons (Fsp3) is 0.625. The number of hydrogen-bond donors (Lipinski definition) is 1. The lowest BCUT2D eigenvalue weighted by Gasteiger charge is -2.35.